The molecule has 1 aromatic rings. The number of benzene rings is 1. The van der Waals surface area contributed by atoms with Crippen molar-refractivity contribution in [2.45, 2.75) is 12.5 Å². The number of hydrogen-bond donors (Lipinski definition) is 2. The summed E-state index contributed by atoms with van der Waals surface area (Å²) in [7, 11) is 1.45. The van der Waals surface area contributed by atoms with E-state index in [2.05, 4.69) is 10.6 Å². The summed E-state index contributed by atoms with van der Waals surface area (Å²) < 4.78 is 18.1. The summed E-state index contributed by atoms with van der Waals surface area (Å²) in [5, 5.41) is 6.06. The van der Waals surface area contributed by atoms with Crippen LogP contribution in [0.4, 0.5) is 10.1 Å². The Balaban J connectivity index is 1.94. The van der Waals surface area contributed by atoms with E-state index in [4.69, 9.17) is 4.74 Å². The van der Waals surface area contributed by atoms with Gasteiger partial charge in [-0.1, -0.05) is 0 Å². The molecule has 19 heavy (non-hydrogen) atoms. The summed E-state index contributed by atoms with van der Waals surface area (Å²) in [5.74, 6) is 1.88. The zero-order chi connectivity index (χ0) is 13.7. The van der Waals surface area contributed by atoms with Gasteiger partial charge in [-0.05, 0) is 12.1 Å². The highest BCUT2D eigenvalue weighted by molar-refractivity contribution is 7.99. The third-order valence-corrected chi connectivity index (χ3v) is 4.00. The molecule has 1 saturated heterocycles. The first-order valence-corrected chi connectivity index (χ1v) is 7.29. The van der Waals surface area contributed by atoms with Crippen LogP contribution < -0.4 is 15.4 Å². The van der Waals surface area contributed by atoms with Crippen LogP contribution in [-0.4, -0.2) is 37.1 Å². The number of nitrogens with one attached hydrogen (secondary N) is 2. The van der Waals surface area contributed by atoms with Gasteiger partial charge < -0.3 is 15.4 Å². The van der Waals surface area contributed by atoms with Gasteiger partial charge >= 0.3 is 0 Å². The minimum atomic E-state index is -0.389. The fourth-order valence-corrected chi connectivity index (χ4v) is 2.89. The lowest BCUT2D eigenvalue weighted by Crippen LogP contribution is -2.39. The molecule has 0 spiro atoms. The third kappa shape index (κ3) is 4.11. The summed E-state index contributed by atoms with van der Waals surface area (Å²) in [4.78, 5) is 11.9. The molecule has 0 aliphatic carbocycles. The summed E-state index contributed by atoms with van der Waals surface area (Å²) >= 11 is 1.84. The molecule has 104 valence electrons. The molecule has 1 amide bonds. The summed E-state index contributed by atoms with van der Waals surface area (Å²) in [6, 6.07) is 4.26. The Kier molecular flexibility index (Phi) is 5.04. The smallest absolute Gasteiger partial charge is 0.226 e. The second-order valence-electron chi connectivity index (χ2n) is 4.32. The Hall–Kier alpha value is -1.27. The molecule has 1 fully saturated rings. The van der Waals surface area contributed by atoms with Crippen LogP contribution in [0.25, 0.3) is 0 Å². The molecular formula is C13H17FN2O2S. The number of rotatable bonds is 4. The Bertz CT molecular complexity index is 450. The number of hydrogen-bond acceptors (Lipinski definition) is 4. The first kappa shape index (κ1) is 14.1. The lowest BCUT2D eigenvalue weighted by Gasteiger charge is -2.22. The van der Waals surface area contributed by atoms with E-state index in [9.17, 15) is 9.18 Å². The maximum atomic E-state index is 13.0. The van der Waals surface area contributed by atoms with E-state index in [1.807, 2.05) is 11.8 Å². The van der Waals surface area contributed by atoms with Gasteiger partial charge in [0.1, 0.15) is 11.6 Å². The van der Waals surface area contributed by atoms with Crippen molar-refractivity contribution >= 4 is 23.4 Å². The predicted molar refractivity (Wildman–Crippen MR) is 75.3 cm³/mol. The van der Waals surface area contributed by atoms with Gasteiger partial charge in [0.05, 0.1) is 12.8 Å². The molecule has 0 radical (unpaired) electrons. The van der Waals surface area contributed by atoms with Crippen molar-refractivity contribution in [3.8, 4) is 5.75 Å². The zero-order valence-electron chi connectivity index (χ0n) is 10.7. The predicted octanol–water partition coefficient (Wildman–Crippen LogP) is 1.87. The van der Waals surface area contributed by atoms with E-state index in [-0.39, 0.29) is 17.8 Å². The third-order valence-electron chi connectivity index (χ3n) is 2.87. The summed E-state index contributed by atoms with van der Waals surface area (Å²) in [6.45, 7) is 0.933. The number of carbonyl (C=O) groups is 1. The standard InChI is InChI=1S/C13H17FN2O2S/c1-18-12-6-9(14)2-3-11(12)16-13(17)7-10-8-19-5-4-15-10/h2-3,6,10,15H,4-5,7-8H2,1H3,(H,16,17). The number of amides is 1. The molecule has 1 aliphatic heterocycles. The topological polar surface area (TPSA) is 50.4 Å². The monoisotopic (exact) mass is 284 g/mol. The maximum Gasteiger partial charge on any atom is 0.226 e. The van der Waals surface area contributed by atoms with Crippen molar-refractivity contribution in [2.24, 2.45) is 0 Å². The SMILES string of the molecule is COc1cc(F)ccc1NC(=O)CC1CSCCN1. The summed E-state index contributed by atoms with van der Waals surface area (Å²) in [5.41, 5.74) is 0.498. The fraction of sp³-hybridized carbons (Fsp3) is 0.462. The molecule has 4 nitrogen and oxygen atoms in total. The average molecular weight is 284 g/mol. The van der Waals surface area contributed by atoms with Crippen LogP contribution in [-0.2, 0) is 4.79 Å². The van der Waals surface area contributed by atoms with E-state index >= 15 is 0 Å². The quantitative estimate of drug-likeness (QED) is 0.886. The molecule has 0 aromatic heterocycles. The number of carbonyl (C=O) groups excluding carboxylic acids is 1. The molecule has 2 rings (SSSR count). The van der Waals surface area contributed by atoms with Crippen LogP contribution in [0.1, 0.15) is 6.42 Å². The van der Waals surface area contributed by atoms with Crippen molar-refractivity contribution in [1.29, 1.82) is 0 Å². The Morgan fingerprint density at radius 1 is 1.63 bits per heavy atom. The van der Waals surface area contributed by atoms with Gasteiger partial charge in [0, 0.05) is 36.6 Å². The largest absolute Gasteiger partial charge is 0.494 e. The second-order valence-corrected chi connectivity index (χ2v) is 5.47. The highest BCUT2D eigenvalue weighted by Gasteiger charge is 2.17. The van der Waals surface area contributed by atoms with E-state index in [0.717, 1.165) is 18.1 Å². The number of halogens is 1. The highest BCUT2D eigenvalue weighted by atomic mass is 32.2. The van der Waals surface area contributed by atoms with E-state index < -0.39 is 0 Å². The van der Waals surface area contributed by atoms with Gasteiger partial charge in [-0.25, -0.2) is 4.39 Å². The van der Waals surface area contributed by atoms with Crippen LogP contribution in [0, 0.1) is 5.82 Å². The maximum absolute atomic E-state index is 13.0. The Labute approximate surface area is 116 Å². The minimum Gasteiger partial charge on any atom is -0.494 e. The molecule has 1 unspecified atom stereocenters. The highest BCUT2D eigenvalue weighted by Crippen LogP contribution is 2.25. The average Bonchev–Trinajstić information content (AvgIpc) is 2.42. The second kappa shape index (κ2) is 6.77. The van der Waals surface area contributed by atoms with Crippen molar-refractivity contribution in [3.63, 3.8) is 0 Å². The molecular weight excluding hydrogens is 267 g/mol. The summed E-state index contributed by atoms with van der Waals surface area (Å²) in [6.07, 6.45) is 0.410. The van der Waals surface area contributed by atoms with Gasteiger partial charge in [-0.2, -0.15) is 11.8 Å². The van der Waals surface area contributed by atoms with Crippen LogP contribution in [0.15, 0.2) is 18.2 Å². The van der Waals surface area contributed by atoms with Gasteiger partial charge in [0.25, 0.3) is 0 Å². The van der Waals surface area contributed by atoms with Gasteiger partial charge in [-0.15, -0.1) is 0 Å². The molecule has 1 aliphatic rings. The van der Waals surface area contributed by atoms with Crippen LogP contribution in [0.2, 0.25) is 0 Å². The van der Waals surface area contributed by atoms with Crippen LogP contribution in [0.5, 0.6) is 5.75 Å². The molecule has 1 aromatic carbocycles. The molecule has 0 bridgehead atoms. The van der Waals surface area contributed by atoms with Crippen molar-refractivity contribution in [1.82, 2.24) is 5.32 Å². The Morgan fingerprint density at radius 3 is 3.16 bits per heavy atom. The van der Waals surface area contributed by atoms with Crippen LogP contribution in [0.3, 0.4) is 0 Å². The number of thioether (sulfide) groups is 1. The van der Waals surface area contributed by atoms with Crippen LogP contribution >= 0.6 is 11.8 Å². The normalized spacial score (nSPS) is 18.9. The first-order chi connectivity index (χ1) is 9.19. The molecule has 2 N–H and O–H groups in total. The van der Waals surface area contributed by atoms with Crippen molar-refractivity contribution in [2.75, 3.05) is 30.5 Å². The van der Waals surface area contributed by atoms with Gasteiger partial charge in [0.2, 0.25) is 5.91 Å². The zero-order valence-corrected chi connectivity index (χ0v) is 11.6. The lowest BCUT2D eigenvalue weighted by atomic mass is 10.2. The van der Waals surface area contributed by atoms with Gasteiger partial charge in [0.15, 0.2) is 0 Å². The Morgan fingerprint density at radius 2 is 2.47 bits per heavy atom. The molecule has 0 saturated carbocycles. The van der Waals surface area contributed by atoms with E-state index in [1.165, 1.54) is 25.3 Å². The van der Waals surface area contributed by atoms with E-state index in [0.29, 0.717) is 17.9 Å². The number of anilines is 1. The van der Waals surface area contributed by atoms with Crippen molar-refractivity contribution in [3.05, 3.63) is 24.0 Å². The molecule has 6 heteroatoms. The molecule has 1 heterocycles. The number of methoxy groups -OCH3 is 1. The number of ether oxygens (including phenoxy) is 1. The molecule has 1 atom stereocenters. The minimum absolute atomic E-state index is 0.0927. The fourth-order valence-electron chi connectivity index (χ4n) is 1.94. The first-order valence-electron chi connectivity index (χ1n) is 6.13. The lowest BCUT2D eigenvalue weighted by molar-refractivity contribution is -0.116. The van der Waals surface area contributed by atoms with E-state index in [1.54, 1.807) is 0 Å². The van der Waals surface area contributed by atoms with Gasteiger partial charge in [-0.3, -0.25) is 4.79 Å². The van der Waals surface area contributed by atoms with Crippen molar-refractivity contribution < 1.29 is 13.9 Å².